The summed E-state index contributed by atoms with van der Waals surface area (Å²) in [5.74, 6) is 0. The van der Waals surface area contributed by atoms with E-state index in [1.54, 1.807) is 7.11 Å². The SMILES string of the molecule is COCCNCc1cnn(Cc2c(Br)c(C)nn2C)c1C. The van der Waals surface area contributed by atoms with Gasteiger partial charge in [-0.3, -0.25) is 9.36 Å². The van der Waals surface area contributed by atoms with Gasteiger partial charge in [-0.25, -0.2) is 0 Å². The fraction of sp³-hybridized carbons (Fsp3) is 0.571. The highest BCUT2D eigenvalue weighted by molar-refractivity contribution is 9.10. The number of aromatic nitrogens is 4. The van der Waals surface area contributed by atoms with Crippen LogP contribution < -0.4 is 5.32 Å². The zero-order valence-electron chi connectivity index (χ0n) is 13.0. The summed E-state index contributed by atoms with van der Waals surface area (Å²) >= 11 is 3.60. The van der Waals surface area contributed by atoms with Gasteiger partial charge in [0.15, 0.2) is 0 Å². The average molecular weight is 356 g/mol. The molecular formula is C14H22BrN5O. The standard InChI is InChI=1S/C14H22BrN5O/c1-10-14(15)13(19(3)18-10)9-20-11(2)12(8-17-20)7-16-5-6-21-4/h8,16H,5-7,9H2,1-4H3. The van der Waals surface area contributed by atoms with Gasteiger partial charge in [0.25, 0.3) is 0 Å². The summed E-state index contributed by atoms with van der Waals surface area (Å²) in [6.07, 6.45) is 1.92. The van der Waals surface area contributed by atoms with E-state index in [1.807, 2.05) is 29.5 Å². The van der Waals surface area contributed by atoms with E-state index in [1.165, 1.54) is 11.3 Å². The van der Waals surface area contributed by atoms with Crippen LogP contribution in [0.15, 0.2) is 10.7 Å². The van der Waals surface area contributed by atoms with Crippen LogP contribution in [-0.4, -0.2) is 39.8 Å². The third kappa shape index (κ3) is 3.72. The minimum Gasteiger partial charge on any atom is -0.383 e. The lowest BCUT2D eigenvalue weighted by Gasteiger charge is -2.07. The van der Waals surface area contributed by atoms with E-state index in [4.69, 9.17) is 4.74 Å². The van der Waals surface area contributed by atoms with E-state index >= 15 is 0 Å². The maximum atomic E-state index is 5.02. The van der Waals surface area contributed by atoms with Crippen molar-refractivity contribution in [2.24, 2.45) is 7.05 Å². The largest absolute Gasteiger partial charge is 0.383 e. The molecule has 0 atom stereocenters. The average Bonchev–Trinajstić information content (AvgIpc) is 2.91. The second-order valence-electron chi connectivity index (χ2n) is 5.05. The van der Waals surface area contributed by atoms with Crippen molar-refractivity contribution in [3.05, 3.63) is 33.3 Å². The first-order chi connectivity index (χ1) is 10.0. The van der Waals surface area contributed by atoms with Crippen LogP contribution in [0.4, 0.5) is 0 Å². The Morgan fingerprint density at radius 1 is 1.38 bits per heavy atom. The van der Waals surface area contributed by atoms with Gasteiger partial charge in [0, 0.05) is 38.5 Å². The third-order valence-electron chi connectivity index (χ3n) is 3.56. The molecule has 0 bridgehead atoms. The van der Waals surface area contributed by atoms with Crippen LogP contribution >= 0.6 is 15.9 Å². The molecule has 0 radical (unpaired) electrons. The van der Waals surface area contributed by atoms with Crippen LogP contribution in [0.5, 0.6) is 0 Å². The summed E-state index contributed by atoms with van der Waals surface area (Å²) in [5.41, 5.74) is 4.50. The summed E-state index contributed by atoms with van der Waals surface area (Å²) < 4.78 is 9.99. The summed E-state index contributed by atoms with van der Waals surface area (Å²) in [7, 11) is 3.66. The van der Waals surface area contributed by atoms with Crippen molar-refractivity contribution in [1.82, 2.24) is 24.9 Å². The van der Waals surface area contributed by atoms with Crippen molar-refractivity contribution < 1.29 is 4.74 Å². The van der Waals surface area contributed by atoms with Crippen LogP contribution in [0.3, 0.4) is 0 Å². The Morgan fingerprint density at radius 3 is 2.76 bits per heavy atom. The molecule has 116 valence electrons. The predicted molar refractivity (Wildman–Crippen MR) is 85.3 cm³/mol. The number of aryl methyl sites for hydroxylation is 2. The van der Waals surface area contributed by atoms with Crippen molar-refractivity contribution in [1.29, 1.82) is 0 Å². The Kier molecular flexibility index (Phi) is 5.55. The van der Waals surface area contributed by atoms with Crippen molar-refractivity contribution in [2.45, 2.75) is 26.9 Å². The number of methoxy groups -OCH3 is 1. The van der Waals surface area contributed by atoms with Crippen molar-refractivity contribution in [3.8, 4) is 0 Å². The summed E-state index contributed by atoms with van der Waals surface area (Å²) in [6, 6.07) is 0. The lowest BCUT2D eigenvalue weighted by Crippen LogP contribution is -2.19. The number of nitrogens with zero attached hydrogens (tertiary/aromatic N) is 4. The van der Waals surface area contributed by atoms with E-state index < -0.39 is 0 Å². The molecule has 0 unspecified atom stereocenters. The summed E-state index contributed by atoms with van der Waals surface area (Å²) in [6.45, 7) is 7.16. The molecule has 0 saturated carbocycles. The zero-order chi connectivity index (χ0) is 15.4. The molecule has 0 amide bonds. The molecule has 2 aromatic heterocycles. The van der Waals surface area contributed by atoms with Gasteiger partial charge in [0.05, 0.1) is 35.2 Å². The summed E-state index contributed by atoms with van der Waals surface area (Å²) in [4.78, 5) is 0. The second kappa shape index (κ2) is 7.20. The van der Waals surface area contributed by atoms with E-state index in [0.717, 1.165) is 29.0 Å². The molecule has 1 N–H and O–H groups in total. The zero-order valence-corrected chi connectivity index (χ0v) is 14.6. The highest BCUT2D eigenvalue weighted by Crippen LogP contribution is 2.21. The molecule has 0 aromatic carbocycles. The van der Waals surface area contributed by atoms with E-state index in [2.05, 4.69) is 38.4 Å². The smallest absolute Gasteiger partial charge is 0.0842 e. The van der Waals surface area contributed by atoms with Crippen LogP contribution in [0, 0.1) is 13.8 Å². The molecule has 2 aromatic rings. The van der Waals surface area contributed by atoms with Gasteiger partial charge in [-0.05, 0) is 29.8 Å². The first-order valence-corrected chi connectivity index (χ1v) is 7.72. The van der Waals surface area contributed by atoms with Crippen LogP contribution in [0.25, 0.3) is 0 Å². The molecule has 21 heavy (non-hydrogen) atoms. The molecule has 6 nitrogen and oxygen atoms in total. The first-order valence-electron chi connectivity index (χ1n) is 6.93. The molecule has 0 spiro atoms. The van der Waals surface area contributed by atoms with Gasteiger partial charge < -0.3 is 10.1 Å². The van der Waals surface area contributed by atoms with E-state index in [9.17, 15) is 0 Å². The van der Waals surface area contributed by atoms with Crippen molar-refractivity contribution in [2.75, 3.05) is 20.3 Å². The first kappa shape index (κ1) is 16.2. The molecular weight excluding hydrogens is 334 g/mol. The minimum atomic E-state index is 0.710. The minimum absolute atomic E-state index is 0.710. The molecule has 2 heterocycles. The fourth-order valence-electron chi connectivity index (χ4n) is 2.21. The van der Waals surface area contributed by atoms with Gasteiger partial charge in [-0.15, -0.1) is 0 Å². The van der Waals surface area contributed by atoms with Gasteiger partial charge in [0.2, 0.25) is 0 Å². The topological polar surface area (TPSA) is 56.9 Å². The van der Waals surface area contributed by atoms with Crippen molar-refractivity contribution >= 4 is 15.9 Å². The lowest BCUT2D eigenvalue weighted by atomic mass is 10.2. The Balaban J connectivity index is 2.06. The van der Waals surface area contributed by atoms with Crippen LogP contribution in [-0.2, 0) is 24.9 Å². The van der Waals surface area contributed by atoms with Crippen LogP contribution in [0.2, 0.25) is 0 Å². The van der Waals surface area contributed by atoms with Gasteiger partial charge in [-0.1, -0.05) is 0 Å². The monoisotopic (exact) mass is 355 g/mol. The Labute approximate surface area is 133 Å². The number of ether oxygens (including phenoxy) is 1. The predicted octanol–water partition coefficient (Wildman–Crippen LogP) is 1.78. The highest BCUT2D eigenvalue weighted by atomic mass is 79.9. The number of hydrogen-bond donors (Lipinski definition) is 1. The van der Waals surface area contributed by atoms with E-state index in [0.29, 0.717) is 13.2 Å². The quantitative estimate of drug-likeness (QED) is 0.769. The Bertz CT molecular complexity index is 605. The molecule has 0 aliphatic carbocycles. The second-order valence-corrected chi connectivity index (χ2v) is 5.85. The molecule has 7 heteroatoms. The molecule has 0 aliphatic heterocycles. The fourth-order valence-corrected chi connectivity index (χ4v) is 2.67. The van der Waals surface area contributed by atoms with Gasteiger partial charge in [0.1, 0.15) is 0 Å². The lowest BCUT2D eigenvalue weighted by molar-refractivity contribution is 0.199. The Morgan fingerprint density at radius 2 is 2.14 bits per heavy atom. The number of halogens is 1. The molecule has 0 saturated heterocycles. The number of rotatable bonds is 7. The molecule has 0 aliphatic rings. The van der Waals surface area contributed by atoms with Gasteiger partial charge >= 0.3 is 0 Å². The number of nitrogens with one attached hydrogen (secondary N) is 1. The Hall–Kier alpha value is -1.18. The van der Waals surface area contributed by atoms with E-state index in [-0.39, 0.29) is 0 Å². The van der Waals surface area contributed by atoms with Crippen LogP contribution in [0.1, 0.15) is 22.6 Å². The van der Waals surface area contributed by atoms with Crippen molar-refractivity contribution in [3.63, 3.8) is 0 Å². The number of hydrogen-bond acceptors (Lipinski definition) is 4. The molecule has 2 rings (SSSR count). The highest BCUT2D eigenvalue weighted by Gasteiger charge is 2.13. The maximum absolute atomic E-state index is 5.02. The summed E-state index contributed by atoms with van der Waals surface area (Å²) in [5, 5.41) is 12.2. The molecule has 0 fully saturated rings. The van der Waals surface area contributed by atoms with Gasteiger partial charge in [-0.2, -0.15) is 10.2 Å². The maximum Gasteiger partial charge on any atom is 0.0842 e. The normalized spacial score (nSPS) is 11.3. The third-order valence-corrected chi connectivity index (χ3v) is 4.60.